The number of carbonyl (C=O) groups excluding carboxylic acids is 2. The second-order valence-electron chi connectivity index (χ2n) is 4.59. The summed E-state index contributed by atoms with van der Waals surface area (Å²) in [6, 6.07) is 4.48. The maximum absolute atomic E-state index is 11.5. The third-order valence-electron chi connectivity index (χ3n) is 1.91. The Balaban J connectivity index is 2.84. The van der Waals surface area contributed by atoms with Crippen LogP contribution in [0.3, 0.4) is 0 Å². The van der Waals surface area contributed by atoms with Crippen molar-refractivity contribution in [1.29, 1.82) is 0 Å². The number of hydrogen-bond donors (Lipinski definition) is 0. The molecule has 98 valence electrons. The minimum atomic E-state index is -0.820. The molecule has 0 bridgehead atoms. The summed E-state index contributed by atoms with van der Waals surface area (Å²) in [5, 5.41) is 0. The van der Waals surface area contributed by atoms with Crippen molar-refractivity contribution in [3.05, 3.63) is 23.8 Å². The van der Waals surface area contributed by atoms with Crippen LogP contribution in [0.1, 0.15) is 31.1 Å². The van der Waals surface area contributed by atoms with Gasteiger partial charge in [-0.05, 0) is 39.0 Å². The Morgan fingerprint density at radius 1 is 1.22 bits per heavy atom. The number of methoxy groups -OCH3 is 1. The smallest absolute Gasteiger partial charge is 0.493 e. The molecule has 18 heavy (non-hydrogen) atoms. The van der Waals surface area contributed by atoms with Crippen molar-refractivity contribution in [2.45, 2.75) is 26.4 Å². The van der Waals surface area contributed by atoms with E-state index in [0.717, 1.165) is 0 Å². The Bertz CT molecular complexity index is 445. The molecule has 5 nitrogen and oxygen atoms in total. The highest BCUT2D eigenvalue weighted by Crippen LogP contribution is 2.28. The minimum absolute atomic E-state index is 0.206. The second kappa shape index (κ2) is 5.53. The molecule has 0 saturated heterocycles. The summed E-state index contributed by atoms with van der Waals surface area (Å²) >= 11 is 0. The van der Waals surface area contributed by atoms with Gasteiger partial charge in [-0.15, -0.1) is 0 Å². The van der Waals surface area contributed by atoms with Gasteiger partial charge in [0.1, 0.15) is 11.9 Å². The van der Waals surface area contributed by atoms with Crippen molar-refractivity contribution in [3.8, 4) is 11.5 Å². The average molecular weight is 252 g/mol. The lowest BCUT2D eigenvalue weighted by atomic mass is 10.2. The molecule has 0 atom stereocenters. The number of carbonyl (C=O) groups is 2. The maximum Gasteiger partial charge on any atom is 0.514 e. The molecule has 5 heteroatoms. The van der Waals surface area contributed by atoms with Crippen molar-refractivity contribution in [2.24, 2.45) is 0 Å². The predicted octanol–water partition coefficient (Wildman–Crippen LogP) is 2.82. The minimum Gasteiger partial charge on any atom is -0.493 e. The molecule has 0 aliphatic rings. The van der Waals surface area contributed by atoms with Gasteiger partial charge in [-0.2, -0.15) is 0 Å². The summed E-state index contributed by atoms with van der Waals surface area (Å²) < 4.78 is 15.0. The topological polar surface area (TPSA) is 61.8 Å². The van der Waals surface area contributed by atoms with E-state index < -0.39 is 11.8 Å². The van der Waals surface area contributed by atoms with Gasteiger partial charge in [-0.1, -0.05) is 0 Å². The van der Waals surface area contributed by atoms with Crippen LogP contribution in [0.15, 0.2) is 18.2 Å². The van der Waals surface area contributed by atoms with Crippen LogP contribution < -0.4 is 9.47 Å². The quantitative estimate of drug-likeness (QED) is 0.470. The highest BCUT2D eigenvalue weighted by Gasteiger charge is 2.19. The number of aldehydes is 1. The number of benzene rings is 1. The zero-order valence-corrected chi connectivity index (χ0v) is 10.9. The van der Waals surface area contributed by atoms with E-state index in [-0.39, 0.29) is 5.75 Å². The van der Waals surface area contributed by atoms with Crippen LogP contribution in [-0.4, -0.2) is 25.2 Å². The van der Waals surface area contributed by atoms with Gasteiger partial charge >= 0.3 is 6.16 Å². The largest absolute Gasteiger partial charge is 0.514 e. The Morgan fingerprint density at radius 3 is 2.39 bits per heavy atom. The van der Waals surface area contributed by atoms with Crippen LogP contribution in [0.2, 0.25) is 0 Å². The zero-order valence-electron chi connectivity index (χ0n) is 10.9. The van der Waals surface area contributed by atoms with Crippen molar-refractivity contribution in [2.75, 3.05) is 7.11 Å². The SMILES string of the molecule is COc1cc(C=O)ccc1OC(=O)OC(C)(C)C. The van der Waals surface area contributed by atoms with Gasteiger partial charge in [0.2, 0.25) is 0 Å². The number of hydrogen-bond acceptors (Lipinski definition) is 5. The van der Waals surface area contributed by atoms with E-state index in [0.29, 0.717) is 17.6 Å². The summed E-state index contributed by atoms with van der Waals surface area (Å²) in [6.07, 6.45) is -0.139. The maximum atomic E-state index is 11.5. The molecular formula is C13H16O5. The van der Waals surface area contributed by atoms with Gasteiger partial charge in [0.05, 0.1) is 7.11 Å². The van der Waals surface area contributed by atoms with Crippen LogP contribution in [-0.2, 0) is 4.74 Å². The molecule has 0 unspecified atom stereocenters. The highest BCUT2D eigenvalue weighted by molar-refractivity contribution is 5.77. The van der Waals surface area contributed by atoms with Gasteiger partial charge in [0, 0.05) is 5.56 Å². The molecule has 0 aliphatic carbocycles. The van der Waals surface area contributed by atoms with Crippen molar-refractivity contribution in [1.82, 2.24) is 0 Å². The van der Waals surface area contributed by atoms with E-state index in [1.807, 2.05) is 0 Å². The van der Waals surface area contributed by atoms with E-state index in [9.17, 15) is 9.59 Å². The molecular weight excluding hydrogens is 236 g/mol. The number of ether oxygens (including phenoxy) is 3. The van der Waals surface area contributed by atoms with Crippen molar-refractivity contribution >= 4 is 12.4 Å². The summed E-state index contributed by atoms with van der Waals surface area (Å²) in [5.74, 6) is 0.503. The van der Waals surface area contributed by atoms with E-state index in [4.69, 9.17) is 14.2 Å². The van der Waals surface area contributed by atoms with E-state index >= 15 is 0 Å². The molecule has 0 N–H and O–H groups in total. The van der Waals surface area contributed by atoms with E-state index in [2.05, 4.69) is 0 Å². The fraction of sp³-hybridized carbons (Fsp3) is 0.385. The van der Waals surface area contributed by atoms with Crippen LogP contribution >= 0.6 is 0 Å². The van der Waals surface area contributed by atoms with Gasteiger partial charge in [0.25, 0.3) is 0 Å². The molecule has 0 fully saturated rings. The Morgan fingerprint density at radius 2 is 1.89 bits per heavy atom. The van der Waals surface area contributed by atoms with E-state index in [1.54, 1.807) is 20.8 Å². The van der Waals surface area contributed by atoms with Gasteiger partial charge < -0.3 is 14.2 Å². The lowest BCUT2D eigenvalue weighted by Crippen LogP contribution is -2.26. The lowest BCUT2D eigenvalue weighted by molar-refractivity contribution is 0.0201. The molecule has 1 aromatic carbocycles. The lowest BCUT2D eigenvalue weighted by Gasteiger charge is -2.19. The molecule has 0 aromatic heterocycles. The predicted molar refractivity (Wildman–Crippen MR) is 65.2 cm³/mol. The van der Waals surface area contributed by atoms with Crippen molar-refractivity contribution in [3.63, 3.8) is 0 Å². The molecule has 1 rings (SSSR count). The first-order valence-electron chi connectivity index (χ1n) is 5.40. The first-order chi connectivity index (χ1) is 8.35. The first kappa shape index (κ1) is 14.0. The van der Waals surface area contributed by atoms with Crippen LogP contribution in [0.5, 0.6) is 11.5 Å². The molecule has 0 aliphatic heterocycles. The number of rotatable bonds is 3. The van der Waals surface area contributed by atoms with Gasteiger partial charge in [0.15, 0.2) is 11.5 Å². The molecule has 1 aromatic rings. The molecule has 0 amide bonds. The Labute approximate surface area is 106 Å². The van der Waals surface area contributed by atoms with Crippen LogP contribution in [0.25, 0.3) is 0 Å². The summed E-state index contributed by atoms with van der Waals surface area (Å²) in [7, 11) is 1.42. The Kier molecular flexibility index (Phi) is 4.31. The standard InChI is InChI=1S/C13H16O5/c1-13(2,3)18-12(15)17-10-6-5-9(8-14)7-11(10)16-4/h5-8H,1-4H3. The molecule has 0 saturated carbocycles. The highest BCUT2D eigenvalue weighted by atomic mass is 16.7. The fourth-order valence-corrected chi connectivity index (χ4v) is 1.20. The average Bonchev–Trinajstić information content (AvgIpc) is 2.27. The summed E-state index contributed by atoms with van der Waals surface area (Å²) in [5.41, 5.74) is -0.198. The zero-order chi connectivity index (χ0) is 13.8. The Hall–Kier alpha value is -2.04. The summed E-state index contributed by atoms with van der Waals surface area (Å²) in [6.45, 7) is 5.21. The summed E-state index contributed by atoms with van der Waals surface area (Å²) in [4.78, 5) is 22.1. The fourth-order valence-electron chi connectivity index (χ4n) is 1.20. The van der Waals surface area contributed by atoms with Gasteiger partial charge in [-0.25, -0.2) is 4.79 Å². The molecule has 0 radical (unpaired) electrons. The third-order valence-corrected chi connectivity index (χ3v) is 1.91. The molecule has 0 spiro atoms. The second-order valence-corrected chi connectivity index (χ2v) is 4.59. The van der Waals surface area contributed by atoms with Crippen molar-refractivity contribution < 1.29 is 23.8 Å². The monoisotopic (exact) mass is 252 g/mol. The molecule has 0 heterocycles. The van der Waals surface area contributed by atoms with Crippen LogP contribution in [0, 0.1) is 0 Å². The van der Waals surface area contributed by atoms with Gasteiger partial charge in [-0.3, -0.25) is 4.79 Å². The van der Waals surface area contributed by atoms with Crippen LogP contribution in [0.4, 0.5) is 4.79 Å². The normalized spacial score (nSPS) is 10.7. The third kappa shape index (κ3) is 4.08. The van der Waals surface area contributed by atoms with E-state index in [1.165, 1.54) is 25.3 Å². The first-order valence-corrected chi connectivity index (χ1v) is 5.40.